The van der Waals surface area contributed by atoms with Crippen molar-refractivity contribution in [1.29, 1.82) is 0 Å². The van der Waals surface area contributed by atoms with E-state index in [1.165, 1.54) is 23.3 Å². The molecular formula is C15H22BrN2O+. The van der Waals surface area contributed by atoms with Crippen molar-refractivity contribution in [2.45, 2.75) is 26.7 Å². The van der Waals surface area contributed by atoms with Gasteiger partial charge in [-0.1, -0.05) is 13.0 Å². The van der Waals surface area contributed by atoms with Gasteiger partial charge in [-0.3, -0.25) is 4.79 Å². The smallest absolute Gasteiger partial charge is 0.279 e. The van der Waals surface area contributed by atoms with Crippen molar-refractivity contribution in [3.8, 4) is 0 Å². The standard InChI is InChI=1S/C15H21BrN2O/c1-11-5-6-14(13(16)8-11)17-15(19)10-18-7-3-4-12(2)9-18/h5-6,8,12H,3-4,7,9-10H2,1-2H3,(H,17,19)/p+1/t12-/m1/s1. The first-order valence-electron chi connectivity index (χ1n) is 6.94. The molecular weight excluding hydrogens is 304 g/mol. The normalized spacial score (nSPS) is 23.1. The molecule has 1 fully saturated rings. The summed E-state index contributed by atoms with van der Waals surface area (Å²) in [4.78, 5) is 13.5. The Labute approximate surface area is 123 Å². The van der Waals surface area contributed by atoms with Crippen molar-refractivity contribution < 1.29 is 9.69 Å². The summed E-state index contributed by atoms with van der Waals surface area (Å²) < 4.78 is 0.947. The van der Waals surface area contributed by atoms with Crippen LogP contribution in [-0.2, 0) is 4.79 Å². The number of quaternary nitrogens is 1. The molecule has 1 amide bonds. The Bertz CT molecular complexity index is 461. The van der Waals surface area contributed by atoms with Crippen molar-refractivity contribution in [2.24, 2.45) is 5.92 Å². The number of carbonyl (C=O) groups excluding carboxylic acids is 1. The molecule has 0 spiro atoms. The van der Waals surface area contributed by atoms with E-state index in [0.717, 1.165) is 29.2 Å². The highest BCUT2D eigenvalue weighted by Crippen LogP contribution is 2.23. The number of hydrogen-bond acceptors (Lipinski definition) is 1. The molecule has 0 radical (unpaired) electrons. The molecule has 0 saturated carbocycles. The largest absolute Gasteiger partial charge is 0.327 e. The number of hydrogen-bond donors (Lipinski definition) is 2. The predicted molar refractivity (Wildman–Crippen MR) is 81.5 cm³/mol. The third-order valence-electron chi connectivity index (χ3n) is 3.67. The summed E-state index contributed by atoms with van der Waals surface area (Å²) in [5, 5.41) is 2.99. The van der Waals surface area contributed by atoms with Crippen molar-refractivity contribution in [3.05, 3.63) is 28.2 Å². The molecule has 1 aromatic rings. The van der Waals surface area contributed by atoms with Crippen LogP contribution in [0.15, 0.2) is 22.7 Å². The van der Waals surface area contributed by atoms with Gasteiger partial charge in [-0.2, -0.15) is 0 Å². The zero-order valence-corrected chi connectivity index (χ0v) is 13.2. The van der Waals surface area contributed by atoms with Crippen LogP contribution >= 0.6 is 15.9 Å². The molecule has 104 valence electrons. The van der Waals surface area contributed by atoms with E-state index >= 15 is 0 Å². The van der Waals surface area contributed by atoms with Gasteiger partial charge in [0.25, 0.3) is 5.91 Å². The number of piperidine rings is 1. The van der Waals surface area contributed by atoms with Gasteiger partial charge >= 0.3 is 0 Å². The topological polar surface area (TPSA) is 33.5 Å². The molecule has 3 nitrogen and oxygen atoms in total. The monoisotopic (exact) mass is 325 g/mol. The van der Waals surface area contributed by atoms with Gasteiger partial charge in [0.05, 0.1) is 18.8 Å². The van der Waals surface area contributed by atoms with Gasteiger partial charge < -0.3 is 10.2 Å². The van der Waals surface area contributed by atoms with Crippen LogP contribution in [0.1, 0.15) is 25.3 Å². The van der Waals surface area contributed by atoms with E-state index in [0.29, 0.717) is 6.54 Å². The molecule has 1 heterocycles. The Morgan fingerprint density at radius 1 is 1.53 bits per heavy atom. The number of aryl methyl sites for hydroxylation is 1. The molecule has 1 aromatic carbocycles. The van der Waals surface area contributed by atoms with Crippen molar-refractivity contribution >= 4 is 27.5 Å². The molecule has 2 atom stereocenters. The minimum atomic E-state index is 0.105. The molecule has 19 heavy (non-hydrogen) atoms. The quantitative estimate of drug-likeness (QED) is 0.875. The van der Waals surface area contributed by atoms with Crippen LogP contribution in [0.4, 0.5) is 5.69 Å². The number of nitrogens with one attached hydrogen (secondary N) is 2. The number of halogens is 1. The van der Waals surface area contributed by atoms with Crippen LogP contribution in [0.3, 0.4) is 0 Å². The first-order valence-corrected chi connectivity index (χ1v) is 7.73. The van der Waals surface area contributed by atoms with E-state index in [2.05, 4.69) is 28.2 Å². The Hall–Kier alpha value is -0.870. The summed E-state index contributed by atoms with van der Waals surface area (Å²) in [7, 11) is 0. The average molecular weight is 326 g/mol. The lowest BCUT2D eigenvalue weighted by molar-refractivity contribution is -0.900. The maximum absolute atomic E-state index is 12.1. The molecule has 1 unspecified atom stereocenters. The molecule has 0 bridgehead atoms. The lowest BCUT2D eigenvalue weighted by Crippen LogP contribution is -3.14. The van der Waals surface area contributed by atoms with Crippen LogP contribution in [0.25, 0.3) is 0 Å². The maximum atomic E-state index is 12.1. The summed E-state index contributed by atoms with van der Waals surface area (Å²) >= 11 is 3.49. The molecule has 1 saturated heterocycles. The molecule has 2 N–H and O–H groups in total. The van der Waals surface area contributed by atoms with Gasteiger partial charge in [0, 0.05) is 10.4 Å². The molecule has 1 aliphatic rings. The van der Waals surface area contributed by atoms with E-state index in [1.54, 1.807) is 0 Å². The molecule has 2 rings (SSSR count). The zero-order valence-electron chi connectivity index (χ0n) is 11.6. The van der Waals surface area contributed by atoms with Crippen molar-refractivity contribution in [3.63, 3.8) is 0 Å². The summed E-state index contributed by atoms with van der Waals surface area (Å²) in [5.74, 6) is 0.844. The van der Waals surface area contributed by atoms with Crippen LogP contribution in [0, 0.1) is 12.8 Å². The first kappa shape index (κ1) is 14.5. The molecule has 0 aliphatic carbocycles. The van der Waals surface area contributed by atoms with E-state index < -0.39 is 0 Å². The van der Waals surface area contributed by atoms with Crippen LogP contribution in [0.5, 0.6) is 0 Å². The van der Waals surface area contributed by atoms with Gasteiger partial charge in [-0.25, -0.2) is 0 Å². The zero-order chi connectivity index (χ0) is 13.8. The highest BCUT2D eigenvalue weighted by molar-refractivity contribution is 9.10. The number of benzene rings is 1. The lowest BCUT2D eigenvalue weighted by atomic mass is 10.0. The van der Waals surface area contributed by atoms with Crippen LogP contribution in [0.2, 0.25) is 0 Å². The van der Waals surface area contributed by atoms with Gasteiger partial charge in [0.15, 0.2) is 6.54 Å². The first-order chi connectivity index (χ1) is 9.04. The van der Waals surface area contributed by atoms with Gasteiger partial charge in [-0.05, 0) is 53.4 Å². The van der Waals surface area contributed by atoms with Crippen molar-refractivity contribution in [2.75, 3.05) is 25.0 Å². The number of amides is 1. The maximum Gasteiger partial charge on any atom is 0.279 e. The Morgan fingerprint density at radius 2 is 2.32 bits per heavy atom. The Morgan fingerprint density at radius 3 is 3.00 bits per heavy atom. The van der Waals surface area contributed by atoms with Crippen LogP contribution in [-0.4, -0.2) is 25.5 Å². The SMILES string of the molecule is Cc1ccc(NC(=O)C[NH+]2CCC[C@@H](C)C2)c(Br)c1. The lowest BCUT2D eigenvalue weighted by Gasteiger charge is -2.27. The van der Waals surface area contributed by atoms with Gasteiger partial charge in [-0.15, -0.1) is 0 Å². The molecule has 4 heteroatoms. The number of rotatable bonds is 3. The summed E-state index contributed by atoms with van der Waals surface area (Å²) in [6.45, 7) is 7.11. The van der Waals surface area contributed by atoms with E-state index in [-0.39, 0.29) is 5.91 Å². The minimum Gasteiger partial charge on any atom is -0.327 e. The van der Waals surface area contributed by atoms with E-state index in [1.807, 2.05) is 25.1 Å². The Balaban J connectivity index is 1.90. The minimum absolute atomic E-state index is 0.105. The Kier molecular flexibility index (Phi) is 4.99. The van der Waals surface area contributed by atoms with E-state index in [4.69, 9.17) is 0 Å². The van der Waals surface area contributed by atoms with Crippen LogP contribution < -0.4 is 10.2 Å². The fourth-order valence-electron chi connectivity index (χ4n) is 2.70. The molecule has 0 aromatic heterocycles. The molecule has 1 aliphatic heterocycles. The number of carbonyl (C=O) groups is 1. The second kappa shape index (κ2) is 6.53. The highest BCUT2D eigenvalue weighted by Gasteiger charge is 2.22. The van der Waals surface area contributed by atoms with Gasteiger partial charge in [0.2, 0.25) is 0 Å². The fourth-order valence-corrected chi connectivity index (χ4v) is 3.29. The second-order valence-electron chi connectivity index (χ2n) is 5.66. The van der Waals surface area contributed by atoms with E-state index in [9.17, 15) is 4.79 Å². The highest BCUT2D eigenvalue weighted by atomic mass is 79.9. The van der Waals surface area contributed by atoms with Crippen molar-refractivity contribution in [1.82, 2.24) is 0 Å². The fraction of sp³-hybridized carbons (Fsp3) is 0.533. The summed E-state index contributed by atoms with van der Waals surface area (Å²) in [6, 6.07) is 5.98. The second-order valence-corrected chi connectivity index (χ2v) is 6.51. The number of likely N-dealkylation sites (tertiary alicyclic amines) is 1. The predicted octanol–water partition coefficient (Wildman–Crippen LogP) is 2.01. The third-order valence-corrected chi connectivity index (χ3v) is 4.33. The van der Waals surface area contributed by atoms with Gasteiger partial charge in [0.1, 0.15) is 0 Å². The summed E-state index contributed by atoms with van der Waals surface area (Å²) in [5.41, 5.74) is 2.04. The number of anilines is 1. The summed E-state index contributed by atoms with van der Waals surface area (Å²) in [6.07, 6.45) is 2.53. The third kappa shape index (κ3) is 4.32. The average Bonchev–Trinajstić information content (AvgIpc) is 2.33.